The van der Waals surface area contributed by atoms with E-state index in [0.717, 1.165) is 5.56 Å². The molecule has 0 bridgehead atoms. The summed E-state index contributed by atoms with van der Waals surface area (Å²) < 4.78 is 34.9. The smallest absolute Gasteiger partial charge is 0.224 e. The van der Waals surface area contributed by atoms with Crippen LogP contribution in [0, 0.1) is 0 Å². The molecule has 0 radical (unpaired) electrons. The first-order valence-corrected chi connectivity index (χ1v) is 9.36. The lowest BCUT2D eigenvalue weighted by Gasteiger charge is -2.15. The molecule has 0 fully saturated rings. The van der Waals surface area contributed by atoms with Crippen LogP contribution >= 0.6 is 0 Å². The number of amides is 1. The summed E-state index contributed by atoms with van der Waals surface area (Å²) in [6.45, 7) is 2.42. The Hall–Kier alpha value is -1.80. The Balaban J connectivity index is 2.42. The third kappa shape index (κ3) is 6.01. The van der Waals surface area contributed by atoms with Gasteiger partial charge < -0.3 is 14.8 Å². The fourth-order valence-corrected chi connectivity index (χ4v) is 2.98. The molecular weight excluding hydrogens is 332 g/mol. The molecular formula is C16H26N2O5S. The van der Waals surface area contributed by atoms with Gasteiger partial charge in [-0.15, -0.1) is 0 Å². The van der Waals surface area contributed by atoms with Crippen LogP contribution in [0.2, 0.25) is 0 Å². The fourth-order valence-electron chi connectivity index (χ4n) is 2.13. The minimum Gasteiger partial charge on any atom is -0.493 e. The maximum atomic E-state index is 11.9. The second-order valence-corrected chi connectivity index (χ2v) is 7.66. The zero-order valence-corrected chi connectivity index (χ0v) is 15.5. The van der Waals surface area contributed by atoms with Gasteiger partial charge in [0.2, 0.25) is 15.9 Å². The van der Waals surface area contributed by atoms with Crippen molar-refractivity contribution in [3.05, 3.63) is 23.8 Å². The molecule has 0 heterocycles. The van der Waals surface area contributed by atoms with Gasteiger partial charge in [0.05, 0.1) is 26.4 Å². The maximum Gasteiger partial charge on any atom is 0.224 e. The van der Waals surface area contributed by atoms with Crippen molar-refractivity contribution in [1.29, 1.82) is 0 Å². The molecule has 7 nitrogen and oxygen atoms in total. The molecule has 1 aromatic rings. The third-order valence-electron chi connectivity index (χ3n) is 3.62. The van der Waals surface area contributed by atoms with Crippen molar-refractivity contribution in [3.63, 3.8) is 0 Å². The van der Waals surface area contributed by atoms with Crippen LogP contribution in [0.5, 0.6) is 11.5 Å². The Labute approximate surface area is 144 Å². The van der Waals surface area contributed by atoms with E-state index in [0.29, 0.717) is 31.0 Å². The Bertz CT molecular complexity index is 646. The fraction of sp³-hybridized carbons (Fsp3) is 0.562. The molecule has 24 heavy (non-hydrogen) atoms. The number of hydrogen-bond donors (Lipinski definition) is 1. The Morgan fingerprint density at radius 3 is 2.46 bits per heavy atom. The van der Waals surface area contributed by atoms with E-state index in [2.05, 4.69) is 5.32 Å². The number of carbonyl (C=O) groups excluding carboxylic acids is 1. The van der Waals surface area contributed by atoms with Crippen molar-refractivity contribution in [2.75, 3.05) is 40.1 Å². The molecule has 0 aliphatic rings. The molecule has 8 heteroatoms. The van der Waals surface area contributed by atoms with Gasteiger partial charge in [-0.05, 0) is 31.0 Å². The first-order valence-electron chi connectivity index (χ1n) is 7.75. The highest BCUT2D eigenvalue weighted by Gasteiger charge is 2.14. The van der Waals surface area contributed by atoms with E-state index in [4.69, 9.17) is 9.47 Å². The maximum absolute atomic E-state index is 11.9. The van der Waals surface area contributed by atoms with E-state index in [1.807, 2.05) is 6.07 Å². The van der Waals surface area contributed by atoms with Crippen LogP contribution in [-0.4, -0.2) is 58.7 Å². The van der Waals surface area contributed by atoms with Crippen molar-refractivity contribution in [3.8, 4) is 11.5 Å². The van der Waals surface area contributed by atoms with Gasteiger partial charge in [0.15, 0.2) is 11.5 Å². The Morgan fingerprint density at radius 1 is 1.21 bits per heavy atom. The van der Waals surface area contributed by atoms with E-state index in [-0.39, 0.29) is 18.1 Å². The first kappa shape index (κ1) is 20.2. The number of ether oxygens (including phenoxy) is 2. The molecule has 0 aromatic heterocycles. The van der Waals surface area contributed by atoms with Crippen LogP contribution < -0.4 is 14.8 Å². The van der Waals surface area contributed by atoms with Crippen LogP contribution in [0.4, 0.5) is 0 Å². The number of sulfonamides is 1. The first-order chi connectivity index (χ1) is 11.3. The molecule has 0 saturated carbocycles. The normalized spacial score (nSPS) is 11.4. The van der Waals surface area contributed by atoms with Gasteiger partial charge in [0.1, 0.15) is 0 Å². The summed E-state index contributed by atoms with van der Waals surface area (Å²) >= 11 is 0. The predicted octanol–water partition coefficient (Wildman–Crippen LogP) is 1.03. The minimum absolute atomic E-state index is 0.0785. The SMILES string of the molecule is CCS(=O)(=O)N(C)CCCNC(=O)Cc1ccc(OC)c(OC)c1. The molecule has 1 aromatic carbocycles. The molecule has 1 N–H and O–H groups in total. The molecule has 136 valence electrons. The van der Waals surface area contributed by atoms with Crippen LogP contribution in [0.1, 0.15) is 18.9 Å². The van der Waals surface area contributed by atoms with E-state index in [1.165, 1.54) is 4.31 Å². The summed E-state index contributed by atoms with van der Waals surface area (Å²) in [5, 5.41) is 2.79. The molecule has 0 saturated heterocycles. The number of benzene rings is 1. The van der Waals surface area contributed by atoms with E-state index >= 15 is 0 Å². The highest BCUT2D eigenvalue weighted by Crippen LogP contribution is 2.27. The van der Waals surface area contributed by atoms with Crippen LogP contribution in [0.15, 0.2) is 18.2 Å². The molecule has 0 unspecified atom stereocenters. The molecule has 0 aliphatic heterocycles. The van der Waals surface area contributed by atoms with Crippen molar-refractivity contribution in [2.45, 2.75) is 19.8 Å². The van der Waals surface area contributed by atoms with Gasteiger partial charge in [0, 0.05) is 20.1 Å². The second kappa shape index (κ2) is 9.48. The summed E-state index contributed by atoms with van der Waals surface area (Å²) in [4.78, 5) is 11.9. The van der Waals surface area contributed by atoms with Gasteiger partial charge in [0.25, 0.3) is 0 Å². The molecule has 1 rings (SSSR count). The van der Waals surface area contributed by atoms with E-state index in [9.17, 15) is 13.2 Å². The quantitative estimate of drug-likeness (QED) is 0.632. The Kier molecular flexibility index (Phi) is 8.00. The number of methoxy groups -OCH3 is 2. The lowest BCUT2D eigenvalue weighted by molar-refractivity contribution is -0.120. The third-order valence-corrected chi connectivity index (χ3v) is 5.49. The number of nitrogens with zero attached hydrogens (tertiary/aromatic N) is 1. The molecule has 0 spiro atoms. The summed E-state index contributed by atoms with van der Waals surface area (Å²) in [6, 6.07) is 5.33. The highest BCUT2D eigenvalue weighted by atomic mass is 32.2. The molecule has 1 amide bonds. The average Bonchev–Trinajstić information content (AvgIpc) is 2.58. The standard InChI is InChI=1S/C16H26N2O5S/c1-5-24(20,21)18(2)10-6-9-17-16(19)12-13-7-8-14(22-3)15(11-13)23-4/h7-8,11H,5-6,9-10,12H2,1-4H3,(H,17,19). The summed E-state index contributed by atoms with van der Waals surface area (Å²) in [7, 11) is 1.48. The molecule has 0 atom stereocenters. The van der Waals surface area contributed by atoms with Crippen molar-refractivity contribution >= 4 is 15.9 Å². The number of nitrogens with one attached hydrogen (secondary N) is 1. The van der Waals surface area contributed by atoms with Gasteiger partial charge in [-0.25, -0.2) is 12.7 Å². The van der Waals surface area contributed by atoms with Crippen LogP contribution in [0.3, 0.4) is 0 Å². The Morgan fingerprint density at radius 2 is 1.88 bits per heavy atom. The summed E-state index contributed by atoms with van der Waals surface area (Å²) in [5.74, 6) is 1.15. The lowest BCUT2D eigenvalue weighted by Crippen LogP contribution is -2.32. The summed E-state index contributed by atoms with van der Waals surface area (Å²) in [6.07, 6.45) is 0.789. The summed E-state index contributed by atoms with van der Waals surface area (Å²) in [5.41, 5.74) is 0.816. The van der Waals surface area contributed by atoms with Gasteiger partial charge >= 0.3 is 0 Å². The van der Waals surface area contributed by atoms with Gasteiger partial charge in [-0.2, -0.15) is 0 Å². The van der Waals surface area contributed by atoms with Crippen molar-refractivity contribution in [1.82, 2.24) is 9.62 Å². The molecule has 0 aliphatic carbocycles. The van der Waals surface area contributed by atoms with E-state index < -0.39 is 10.0 Å². The zero-order valence-electron chi connectivity index (χ0n) is 14.7. The second-order valence-electron chi connectivity index (χ2n) is 5.29. The number of hydrogen-bond acceptors (Lipinski definition) is 5. The number of carbonyl (C=O) groups is 1. The monoisotopic (exact) mass is 358 g/mol. The van der Waals surface area contributed by atoms with Crippen LogP contribution in [-0.2, 0) is 21.2 Å². The van der Waals surface area contributed by atoms with Crippen molar-refractivity contribution < 1.29 is 22.7 Å². The van der Waals surface area contributed by atoms with Gasteiger partial charge in [-0.3, -0.25) is 4.79 Å². The van der Waals surface area contributed by atoms with E-state index in [1.54, 1.807) is 40.3 Å². The predicted molar refractivity (Wildman–Crippen MR) is 93.0 cm³/mol. The average molecular weight is 358 g/mol. The lowest BCUT2D eigenvalue weighted by atomic mass is 10.1. The topological polar surface area (TPSA) is 84.9 Å². The zero-order chi connectivity index (χ0) is 18.2. The minimum atomic E-state index is -3.17. The van der Waals surface area contributed by atoms with Crippen LogP contribution in [0.25, 0.3) is 0 Å². The number of rotatable bonds is 10. The van der Waals surface area contributed by atoms with Gasteiger partial charge in [-0.1, -0.05) is 6.07 Å². The highest BCUT2D eigenvalue weighted by molar-refractivity contribution is 7.89. The largest absolute Gasteiger partial charge is 0.493 e. The van der Waals surface area contributed by atoms with Crippen molar-refractivity contribution in [2.24, 2.45) is 0 Å².